The average Bonchev–Trinajstić information content (AvgIpc) is 2.62. The van der Waals surface area contributed by atoms with E-state index < -0.39 is 10.0 Å². The summed E-state index contributed by atoms with van der Waals surface area (Å²) in [6, 6.07) is 9.17. The molecule has 1 fully saturated rings. The van der Waals surface area contributed by atoms with Crippen LogP contribution in [-0.4, -0.2) is 31.9 Å². The first-order valence-corrected chi connectivity index (χ1v) is 10.2. The first kappa shape index (κ1) is 17.8. The first-order chi connectivity index (χ1) is 12.0. The van der Waals surface area contributed by atoms with Crippen molar-refractivity contribution in [1.29, 1.82) is 0 Å². The number of nitrogens with zero attached hydrogens (tertiary/aromatic N) is 1. The zero-order valence-electron chi connectivity index (χ0n) is 14.1. The van der Waals surface area contributed by atoms with E-state index in [1.165, 1.54) is 12.6 Å². The second-order valence-corrected chi connectivity index (χ2v) is 8.18. The van der Waals surface area contributed by atoms with E-state index in [4.69, 9.17) is 0 Å². The van der Waals surface area contributed by atoms with E-state index in [-0.39, 0.29) is 29.8 Å². The lowest BCUT2D eigenvalue weighted by molar-refractivity contribution is -0.121. The Bertz CT molecular complexity index is 846. The molecule has 134 valence electrons. The molecule has 2 aromatic rings. The lowest BCUT2D eigenvalue weighted by Crippen LogP contribution is -2.38. The van der Waals surface area contributed by atoms with Gasteiger partial charge in [0, 0.05) is 30.6 Å². The molecule has 1 heterocycles. The van der Waals surface area contributed by atoms with Gasteiger partial charge in [-0.15, -0.1) is 0 Å². The zero-order chi connectivity index (χ0) is 17.7. The molecule has 0 atom stereocenters. The van der Waals surface area contributed by atoms with Crippen molar-refractivity contribution in [3.8, 4) is 0 Å². The smallest absolute Gasteiger partial charge is 0.242 e. The highest BCUT2D eigenvalue weighted by molar-refractivity contribution is 7.89. The Labute approximate surface area is 148 Å². The lowest BCUT2D eigenvalue weighted by Gasteiger charge is -2.22. The van der Waals surface area contributed by atoms with Crippen molar-refractivity contribution in [1.82, 2.24) is 15.0 Å². The van der Waals surface area contributed by atoms with Crippen LogP contribution in [0, 0.1) is 0 Å². The van der Waals surface area contributed by atoms with Gasteiger partial charge in [-0.05, 0) is 25.0 Å². The lowest BCUT2D eigenvalue weighted by atomic mass is 9.95. The molecule has 1 aromatic heterocycles. The average molecular weight is 361 g/mol. The highest BCUT2D eigenvalue weighted by Gasteiger charge is 2.18. The van der Waals surface area contributed by atoms with Crippen molar-refractivity contribution < 1.29 is 13.2 Å². The monoisotopic (exact) mass is 361 g/mol. The second-order valence-electron chi connectivity index (χ2n) is 6.41. The standard InChI is InChI=1S/C18H23N3O3S/c22-18(21-15-7-2-1-3-8-15)10-11-20-25(23,24)16-12-14-6-4-5-9-17(14)19-13-16/h4-6,9,12-13,15,20H,1-3,7-8,10-11H2,(H,21,22). The Morgan fingerprint density at radius 3 is 2.72 bits per heavy atom. The summed E-state index contributed by atoms with van der Waals surface area (Å²) in [5.41, 5.74) is 0.744. The van der Waals surface area contributed by atoms with Crippen LogP contribution in [0.2, 0.25) is 0 Å². The van der Waals surface area contributed by atoms with E-state index in [2.05, 4.69) is 15.0 Å². The number of hydrogen-bond acceptors (Lipinski definition) is 4. The number of rotatable bonds is 6. The van der Waals surface area contributed by atoms with Gasteiger partial charge < -0.3 is 5.32 Å². The third-order valence-electron chi connectivity index (χ3n) is 4.49. The van der Waals surface area contributed by atoms with Gasteiger partial charge in [-0.2, -0.15) is 0 Å². The van der Waals surface area contributed by atoms with Crippen LogP contribution in [0.3, 0.4) is 0 Å². The summed E-state index contributed by atoms with van der Waals surface area (Å²) in [5, 5.41) is 3.75. The summed E-state index contributed by atoms with van der Waals surface area (Å²) >= 11 is 0. The molecular weight excluding hydrogens is 338 g/mol. The molecule has 25 heavy (non-hydrogen) atoms. The van der Waals surface area contributed by atoms with Gasteiger partial charge in [0.05, 0.1) is 5.52 Å². The molecule has 1 amide bonds. The molecule has 0 radical (unpaired) electrons. The van der Waals surface area contributed by atoms with Crippen molar-refractivity contribution in [2.45, 2.75) is 49.5 Å². The largest absolute Gasteiger partial charge is 0.353 e. The summed E-state index contributed by atoms with van der Waals surface area (Å²) in [6.45, 7) is 0.0771. The summed E-state index contributed by atoms with van der Waals surface area (Å²) in [7, 11) is -3.67. The Balaban J connectivity index is 1.54. The van der Waals surface area contributed by atoms with Gasteiger partial charge in [0.2, 0.25) is 15.9 Å². The normalized spacial score (nSPS) is 16.0. The van der Waals surface area contributed by atoms with Crippen LogP contribution < -0.4 is 10.0 Å². The molecule has 0 bridgehead atoms. The maximum Gasteiger partial charge on any atom is 0.242 e. The van der Waals surface area contributed by atoms with E-state index in [9.17, 15) is 13.2 Å². The van der Waals surface area contributed by atoms with Crippen LogP contribution in [0.4, 0.5) is 0 Å². The quantitative estimate of drug-likeness (QED) is 0.827. The highest BCUT2D eigenvalue weighted by atomic mass is 32.2. The Morgan fingerprint density at radius 1 is 1.16 bits per heavy atom. The molecule has 7 heteroatoms. The van der Waals surface area contributed by atoms with E-state index >= 15 is 0 Å². The van der Waals surface area contributed by atoms with Crippen molar-refractivity contribution in [2.75, 3.05) is 6.54 Å². The molecule has 1 aliphatic rings. The molecule has 0 aliphatic heterocycles. The molecule has 1 saturated carbocycles. The number of carbonyl (C=O) groups is 1. The molecule has 1 aromatic carbocycles. The molecule has 0 saturated heterocycles. The number of para-hydroxylation sites is 1. The van der Waals surface area contributed by atoms with Crippen LogP contribution in [0.1, 0.15) is 38.5 Å². The van der Waals surface area contributed by atoms with Gasteiger partial charge in [-0.1, -0.05) is 37.5 Å². The number of aromatic nitrogens is 1. The molecule has 6 nitrogen and oxygen atoms in total. The number of hydrogen-bond donors (Lipinski definition) is 2. The molecule has 1 aliphatic carbocycles. The number of sulfonamides is 1. The van der Waals surface area contributed by atoms with E-state index in [1.807, 2.05) is 24.3 Å². The molecule has 0 spiro atoms. The summed E-state index contributed by atoms with van der Waals surface area (Å²) in [5.74, 6) is -0.105. The fourth-order valence-corrected chi connectivity index (χ4v) is 4.14. The fraction of sp³-hybridized carbons (Fsp3) is 0.444. The fourth-order valence-electron chi connectivity index (χ4n) is 3.13. The minimum atomic E-state index is -3.67. The predicted molar refractivity (Wildman–Crippen MR) is 96.6 cm³/mol. The molecular formula is C18H23N3O3S. The molecule has 0 unspecified atom stereocenters. The third-order valence-corrected chi connectivity index (χ3v) is 5.92. The minimum absolute atomic E-state index is 0.0771. The Kier molecular flexibility index (Phi) is 5.65. The van der Waals surface area contributed by atoms with Crippen LogP contribution in [0.15, 0.2) is 41.4 Å². The van der Waals surface area contributed by atoms with Gasteiger partial charge in [-0.25, -0.2) is 13.1 Å². The number of carbonyl (C=O) groups excluding carboxylic acids is 1. The number of amides is 1. The number of benzene rings is 1. The van der Waals surface area contributed by atoms with Gasteiger partial charge in [0.1, 0.15) is 4.90 Å². The summed E-state index contributed by atoms with van der Waals surface area (Å²) in [4.78, 5) is 16.2. The Morgan fingerprint density at radius 2 is 1.92 bits per heavy atom. The highest BCUT2D eigenvalue weighted by Crippen LogP contribution is 2.18. The molecule has 3 rings (SSSR count). The zero-order valence-corrected chi connectivity index (χ0v) is 14.9. The minimum Gasteiger partial charge on any atom is -0.353 e. The van der Waals surface area contributed by atoms with Crippen LogP contribution >= 0.6 is 0 Å². The van der Waals surface area contributed by atoms with Crippen molar-refractivity contribution in [3.05, 3.63) is 36.5 Å². The predicted octanol–water partition coefficient (Wildman–Crippen LogP) is 2.35. The first-order valence-electron chi connectivity index (χ1n) is 8.68. The number of nitrogens with one attached hydrogen (secondary N) is 2. The summed E-state index contributed by atoms with van der Waals surface area (Å²) < 4.78 is 27.2. The maximum absolute atomic E-state index is 12.4. The van der Waals surface area contributed by atoms with Crippen molar-refractivity contribution in [2.24, 2.45) is 0 Å². The van der Waals surface area contributed by atoms with E-state index in [0.717, 1.165) is 36.6 Å². The van der Waals surface area contributed by atoms with E-state index in [0.29, 0.717) is 0 Å². The van der Waals surface area contributed by atoms with Crippen molar-refractivity contribution >= 4 is 26.8 Å². The maximum atomic E-state index is 12.4. The number of pyridine rings is 1. The van der Waals surface area contributed by atoms with Crippen LogP contribution in [0.25, 0.3) is 10.9 Å². The number of fused-ring (bicyclic) bond motifs is 1. The van der Waals surface area contributed by atoms with Crippen molar-refractivity contribution in [3.63, 3.8) is 0 Å². The van der Waals surface area contributed by atoms with Gasteiger partial charge in [0.15, 0.2) is 0 Å². The van der Waals surface area contributed by atoms with E-state index in [1.54, 1.807) is 6.07 Å². The van der Waals surface area contributed by atoms with Gasteiger partial charge in [-0.3, -0.25) is 9.78 Å². The Hall–Kier alpha value is -1.99. The molecule has 2 N–H and O–H groups in total. The topological polar surface area (TPSA) is 88.2 Å². The van der Waals surface area contributed by atoms with Gasteiger partial charge >= 0.3 is 0 Å². The van der Waals surface area contributed by atoms with Crippen LogP contribution in [-0.2, 0) is 14.8 Å². The summed E-state index contributed by atoms with van der Waals surface area (Å²) in [6.07, 6.45) is 7.02. The third kappa shape index (κ3) is 4.76. The SMILES string of the molecule is O=C(CCNS(=O)(=O)c1cnc2ccccc2c1)NC1CCCCC1. The van der Waals surface area contributed by atoms with Gasteiger partial charge in [0.25, 0.3) is 0 Å². The van der Waals surface area contributed by atoms with Crippen LogP contribution in [0.5, 0.6) is 0 Å². The second kappa shape index (κ2) is 7.93.